The normalized spacial score (nSPS) is 26.2. The molecule has 1 aliphatic heterocycles. The number of likely N-dealkylation sites (tertiary alicyclic amines) is 1. The van der Waals surface area contributed by atoms with Gasteiger partial charge < -0.3 is 10.1 Å². The summed E-state index contributed by atoms with van der Waals surface area (Å²) in [6, 6.07) is 10.9. The highest BCUT2D eigenvalue weighted by molar-refractivity contribution is 5.69. The molecule has 4 nitrogen and oxygen atoms in total. The summed E-state index contributed by atoms with van der Waals surface area (Å²) in [5.41, 5.74) is 0.576. The third kappa shape index (κ3) is 4.50. The topological polar surface area (TPSA) is 41.6 Å². The van der Waals surface area contributed by atoms with Crippen LogP contribution in [0.15, 0.2) is 30.3 Å². The molecule has 24 heavy (non-hydrogen) atoms. The number of hydrogen-bond acceptors (Lipinski definition) is 3. The highest BCUT2D eigenvalue weighted by Gasteiger charge is 2.45. The van der Waals surface area contributed by atoms with Crippen molar-refractivity contribution >= 4 is 6.09 Å². The molecular formula is C20H32N2O2. The molecule has 1 aliphatic rings. The Kier molecular flexibility index (Phi) is 5.59. The van der Waals surface area contributed by atoms with Gasteiger partial charge in [-0.3, -0.25) is 4.90 Å². The fraction of sp³-hybridized carbons (Fsp3) is 0.650. The highest BCUT2D eigenvalue weighted by atomic mass is 16.6. The lowest BCUT2D eigenvalue weighted by molar-refractivity contribution is 0.0442. The van der Waals surface area contributed by atoms with Crippen molar-refractivity contribution in [2.24, 2.45) is 5.92 Å². The average molecular weight is 332 g/mol. The van der Waals surface area contributed by atoms with Crippen LogP contribution in [0.4, 0.5) is 4.79 Å². The van der Waals surface area contributed by atoms with E-state index in [9.17, 15) is 4.79 Å². The number of carbonyl (C=O) groups excluding carboxylic acids is 1. The Balaban J connectivity index is 2.09. The van der Waals surface area contributed by atoms with Crippen molar-refractivity contribution < 1.29 is 9.53 Å². The van der Waals surface area contributed by atoms with Crippen LogP contribution < -0.4 is 5.32 Å². The molecule has 0 radical (unpaired) electrons. The van der Waals surface area contributed by atoms with E-state index in [1.807, 2.05) is 26.8 Å². The van der Waals surface area contributed by atoms with E-state index in [1.165, 1.54) is 5.56 Å². The van der Waals surface area contributed by atoms with Crippen LogP contribution in [0.1, 0.15) is 59.6 Å². The van der Waals surface area contributed by atoms with E-state index in [-0.39, 0.29) is 11.6 Å². The van der Waals surface area contributed by atoms with Crippen LogP contribution in [0, 0.1) is 5.92 Å². The molecule has 134 valence electrons. The van der Waals surface area contributed by atoms with Crippen LogP contribution in [0.5, 0.6) is 0 Å². The molecule has 1 heterocycles. The third-order valence-electron chi connectivity index (χ3n) is 5.00. The molecule has 2 rings (SSSR count). The van der Waals surface area contributed by atoms with Crippen LogP contribution in [-0.2, 0) is 4.74 Å². The molecule has 1 saturated heterocycles. The SMILES string of the molecule is CCC1CN([C@@H](C)c2ccccc2)CC1(C)NC(=O)OC(C)(C)C. The van der Waals surface area contributed by atoms with Crippen molar-refractivity contribution in [3.8, 4) is 0 Å². The second kappa shape index (κ2) is 7.14. The summed E-state index contributed by atoms with van der Waals surface area (Å²) in [5, 5.41) is 3.15. The third-order valence-corrected chi connectivity index (χ3v) is 5.00. The van der Waals surface area contributed by atoms with Crippen molar-refractivity contribution in [1.29, 1.82) is 0 Å². The predicted molar refractivity (Wildman–Crippen MR) is 98.0 cm³/mol. The number of benzene rings is 1. The zero-order valence-corrected chi connectivity index (χ0v) is 15.9. The number of alkyl carbamates (subject to hydrolysis) is 1. The molecule has 3 atom stereocenters. The molecule has 0 bridgehead atoms. The van der Waals surface area contributed by atoms with Crippen molar-refractivity contribution in [2.75, 3.05) is 13.1 Å². The van der Waals surface area contributed by atoms with Crippen LogP contribution in [-0.4, -0.2) is 35.2 Å². The second-order valence-electron chi connectivity index (χ2n) is 8.17. The summed E-state index contributed by atoms with van der Waals surface area (Å²) in [7, 11) is 0. The van der Waals surface area contributed by atoms with Gasteiger partial charge in [-0.1, -0.05) is 37.3 Å². The number of carbonyl (C=O) groups is 1. The van der Waals surface area contributed by atoms with E-state index in [1.54, 1.807) is 0 Å². The summed E-state index contributed by atoms with van der Waals surface area (Å²) in [4.78, 5) is 14.7. The fourth-order valence-electron chi connectivity index (χ4n) is 3.60. The molecule has 1 aromatic carbocycles. The van der Waals surface area contributed by atoms with Crippen molar-refractivity contribution in [1.82, 2.24) is 10.2 Å². The minimum Gasteiger partial charge on any atom is -0.444 e. The van der Waals surface area contributed by atoms with Gasteiger partial charge in [-0.15, -0.1) is 0 Å². The molecule has 0 saturated carbocycles. The first-order valence-electron chi connectivity index (χ1n) is 8.95. The van der Waals surface area contributed by atoms with Gasteiger partial charge in [-0.05, 0) is 52.5 Å². The summed E-state index contributed by atoms with van der Waals surface area (Å²) in [6.45, 7) is 14.1. The molecule has 1 fully saturated rings. The molecule has 0 spiro atoms. The summed E-state index contributed by atoms with van der Waals surface area (Å²) in [6.07, 6.45) is 0.710. The predicted octanol–water partition coefficient (Wildman–Crippen LogP) is 4.37. The van der Waals surface area contributed by atoms with Crippen LogP contribution in [0.3, 0.4) is 0 Å². The Bertz CT molecular complexity index is 553. The Labute approximate surface area is 146 Å². The monoisotopic (exact) mass is 332 g/mol. The van der Waals surface area contributed by atoms with Gasteiger partial charge in [0.15, 0.2) is 0 Å². The van der Waals surface area contributed by atoms with Gasteiger partial charge in [-0.2, -0.15) is 0 Å². The Morgan fingerprint density at radius 2 is 2.00 bits per heavy atom. The molecule has 2 unspecified atom stereocenters. The maximum absolute atomic E-state index is 12.3. The lowest BCUT2D eigenvalue weighted by atomic mass is 9.87. The molecular weight excluding hydrogens is 300 g/mol. The molecule has 1 N–H and O–H groups in total. The van der Waals surface area contributed by atoms with Crippen molar-refractivity contribution in [3.05, 3.63) is 35.9 Å². The first kappa shape index (κ1) is 18.8. The molecule has 1 aromatic rings. The van der Waals surface area contributed by atoms with Gasteiger partial charge in [0, 0.05) is 19.1 Å². The number of ether oxygens (including phenoxy) is 1. The van der Waals surface area contributed by atoms with Crippen LogP contribution in [0.25, 0.3) is 0 Å². The average Bonchev–Trinajstić information content (AvgIpc) is 2.81. The fourth-order valence-corrected chi connectivity index (χ4v) is 3.60. The van der Waals surface area contributed by atoms with Crippen LogP contribution >= 0.6 is 0 Å². The highest BCUT2D eigenvalue weighted by Crippen LogP contribution is 2.35. The number of rotatable bonds is 4. The first-order chi connectivity index (χ1) is 11.1. The smallest absolute Gasteiger partial charge is 0.408 e. The standard InChI is InChI=1S/C20H32N2O2/c1-7-17-13-22(15(2)16-11-9-8-10-12-16)14-20(17,6)21-18(23)24-19(3,4)5/h8-12,15,17H,7,13-14H2,1-6H3,(H,21,23)/t15-,17?,20?/m0/s1. The van der Waals surface area contributed by atoms with Crippen LogP contribution in [0.2, 0.25) is 0 Å². The minimum absolute atomic E-state index is 0.264. The van der Waals surface area contributed by atoms with E-state index < -0.39 is 5.60 Å². The van der Waals surface area contributed by atoms with E-state index in [2.05, 4.69) is 55.3 Å². The van der Waals surface area contributed by atoms with Crippen molar-refractivity contribution in [3.63, 3.8) is 0 Å². The zero-order chi connectivity index (χ0) is 18.0. The zero-order valence-electron chi connectivity index (χ0n) is 15.9. The van der Waals surface area contributed by atoms with E-state index in [0.717, 1.165) is 19.5 Å². The van der Waals surface area contributed by atoms with Gasteiger partial charge >= 0.3 is 6.09 Å². The maximum atomic E-state index is 12.3. The van der Waals surface area contributed by atoms with Gasteiger partial charge in [0.05, 0.1) is 5.54 Å². The van der Waals surface area contributed by atoms with Gasteiger partial charge in [0.2, 0.25) is 0 Å². The minimum atomic E-state index is -0.474. The summed E-state index contributed by atoms with van der Waals surface area (Å²) >= 11 is 0. The van der Waals surface area contributed by atoms with Gasteiger partial charge in [0.1, 0.15) is 5.60 Å². The van der Waals surface area contributed by atoms with Gasteiger partial charge in [-0.25, -0.2) is 4.79 Å². The molecule has 0 aromatic heterocycles. The van der Waals surface area contributed by atoms with Gasteiger partial charge in [0.25, 0.3) is 0 Å². The van der Waals surface area contributed by atoms with E-state index >= 15 is 0 Å². The lowest BCUT2D eigenvalue weighted by Gasteiger charge is -2.33. The van der Waals surface area contributed by atoms with E-state index in [0.29, 0.717) is 12.0 Å². The maximum Gasteiger partial charge on any atom is 0.408 e. The number of nitrogens with one attached hydrogen (secondary N) is 1. The summed E-state index contributed by atoms with van der Waals surface area (Å²) < 4.78 is 5.47. The Morgan fingerprint density at radius 1 is 1.38 bits per heavy atom. The van der Waals surface area contributed by atoms with E-state index in [4.69, 9.17) is 4.74 Å². The quantitative estimate of drug-likeness (QED) is 0.890. The molecule has 1 amide bonds. The Morgan fingerprint density at radius 3 is 2.54 bits per heavy atom. The van der Waals surface area contributed by atoms with Crippen molar-refractivity contribution in [2.45, 2.75) is 65.1 Å². The second-order valence-corrected chi connectivity index (χ2v) is 8.17. The lowest BCUT2D eigenvalue weighted by Crippen LogP contribution is -2.53. The molecule has 0 aliphatic carbocycles. The Hall–Kier alpha value is -1.55. The number of amides is 1. The number of hydrogen-bond donors (Lipinski definition) is 1. The largest absolute Gasteiger partial charge is 0.444 e. The summed E-state index contributed by atoms with van der Waals surface area (Å²) in [5.74, 6) is 0.413. The molecule has 4 heteroatoms. The number of nitrogens with zero attached hydrogens (tertiary/aromatic N) is 1. The first-order valence-corrected chi connectivity index (χ1v) is 8.95.